The number of fused-ring (bicyclic) bond motifs is 9. The van der Waals surface area contributed by atoms with Crippen molar-refractivity contribution in [2.75, 3.05) is 0 Å². The van der Waals surface area contributed by atoms with Crippen LogP contribution in [0.3, 0.4) is 0 Å². The first-order chi connectivity index (χ1) is 10.2. The van der Waals surface area contributed by atoms with Gasteiger partial charge >= 0.3 is 0 Å². The van der Waals surface area contributed by atoms with Crippen LogP contribution in [0, 0.1) is 0 Å². The fourth-order valence-corrected chi connectivity index (χ4v) is 4.29. The summed E-state index contributed by atoms with van der Waals surface area (Å²) in [7, 11) is 0. The second kappa shape index (κ2) is 4.11. The fraction of sp³-hybridized carbons (Fsp3) is 0.111. The smallest absolute Gasteiger partial charge is 0.139 e. The van der Waals surface area contributed by atoms with E-state index in [2.05, 4.69) is 68.3 Å². The highest BCUT2D eigenvalue weighted by molar-refractivity contribution is 9.10. The van der Waals surface area contributed by atoms with Crippen LogP contribution in [-0.2, 0) is 12.8 Å². The number of rotatable bonds is 0. The van der Waals surface area contributed by atoms with Crippen LogP contribution < -0.4 is 0 Å². The summed E-state index contributed by atoms with van der Waals surface area (Å²) in [5.41, 5.74) is 7.73. The third-order valence-electron chi connectivity index (χ3n) is 4.49. The zero-order chi connectivity index (χ0) is 14.1. The Kier molecular flexibility index (Phi) is 2.40. The van der Waals surface area contributed by atoms with Gasteiger partial charge < -0.3 is 4.42 Å². The molecule has 2 heterocycles. The molecule has 0 atom stereocenters. The minimum Gasteiger partial charge on any atom is -0.455 e. The molecule has 0 amide bonds. The first-order valence-electron chi connectivity index (χ1n) is 6.93. The van der Waals surface area contributed by atoms with E-state index in [1.165, 1.54) is 33.0 Å². The van der Waals surface area contributed by atoms with Crippen LogP contribution >= 0.6 is 31.9 Å². The molecule has 1 aliphatic carbocycles. The Balaban J connectivity index is 1.81. The van der Waals surface area contributed by atoms with E-state index in [4.69, 9.17) is 4.42 Å². The molecule has 0 fully saturated rings. The molecule has 1 aliphatic rings. The van der Waals surface area contributed by atoms with E-state index in [-0.39, 0.29) is 0 Å². The van der Waals surface area contributed by atoms with Crippen LogP contribution in [0.4, 0.5) is 0 Å². The van der Waals surface area contributed by atoms with Gasteiger partial charge in [0.2, 0.25) is 0 Å². The van der Waals surface area contributed by atoms with Crippen molar-refractivity contribution in [1.29, 1.82) is 0 Å². The van der Waals surface area contributed by atoms with Crippen molar-refractivity contribution in [3.05, 3.63) is 67.6 Å². The van der Waals surface area contributed by atoms with E-state index in [9.17, 15) is 0 Å². The normalized spacial score (nSPS) is 13.8. The number of benzene rings is 3. The molecule has 3 heteroatoms. The average molecular weight is 402 g/mol. The van der Waals surface area contributed by atoms with Gasteiger partial charge in [-0.1, -0.05) is 37.9 Å². The molecule has 0 N–H and O–H groups in total. The number of halogens is 2. The molecule has 21 heavy (non-hydrogen) atoms. The van der Waals surface area contributed by atoms with Crippen molar-refractivity contribution in [3.63, 3.8) is 0 Å². The number of furan rings is 2. The van der Waals surface area contributed by atoms with Gasteiger partial charge in [-0.25, -0.2) is 0 Å². The predicted octanol–water partition coefficient (Wildman–Crippen LogP) is 6.04. The molecule has 0 saturated heterocycles. The first-order valence-corrected chi connectivity index (χ1v) is 8.51. The zero-order valence-electron chi connectivity index (χ0n) is 11.0. The molecule has 0 radical (unpaired) electrons. The van der Waals surface area contributed by atoms with E-state index >= 15 is 0 Å². The highest BCUT2D eigenvalue weighted by Crippen LogP contribution is 2.44. The summed E-state index contributed by atoms with van der Waals surface area (Å²) in [6.07, 6.45) is 1.95. The van der Waals surface area contributed by atoms with Crippen LogP contribution in [0.15, 0.2) is 49.8 Å². The van der Waals surface area contributed by atoms with E-state index < -0.39 is 0 Å². The molecular formula is C18H10Br2O. The quantitative estimate of drug-likeness (QED) is 0.308. The fourth-order valence-electron chi connectivity index (χ4n) is 3.52. The molecule has 2 aromatic carbocycles. The Bertz CT molecular complexity index is 1010. The average Bonchev–Trinajstić information content (AvgIpc) is 3.01. The van der Waals surface area contributed by atoms with Gasteiger partial charge in [0.15, 0.2) is 0 Å². The summed E-state index contributed by atoms with van der Waals surface area (Å²) >= 11 is 7.13. The Morgan fingerprint density at radius 1 is 0.714 bits per heavy atom. The van der Waals surface area contributed by atoms with Crippen molar-refractivity contribution >= 4 is 53.8 Å². The minimum absolute atomic E-state index is 0.971. The van der Waals surface area contributed by atoms with Crippen LogP contribution in [-0.4, -0.2) is 0 Å². The minimum atomic E-state index is 0.971. The molecule has 2 aromatic heterocycles. The Labute approximate surface area is 138 Å². The van der Waals surface area contributed by atoms with E-state index in [0.717, 1.165) is 33.0 Å². The van der Waals surface area contributed by atoms with Gasteiger partial charge in [0.25, 0.3) is 0 Å². The summed E-state index contributed by atoms with van der Waals surface area (Å²) in [5.74, 6) is 0. The lowest BCUT2D eigenvalue weighted by Crippen LogP contribution is -2.06. The molecule has 102 valence electrons. The van der Waals surface area contributed by atoms with Gasteiger partial charge in [0.1, 0.15) is 11.2 Å². The first kappa shape index (κ1) is 12.2. The van der Waals surface area contributed by atoms with Crippen LogP contribution in [0.1, 0.15) is 22.3 Å². The van der Waals surface area contributed by atoms with Crippen molar-refractivity contribution < 1.29 is 4.42 Å². The van der Waals surface area contributed by atoms with Gasteiger partial charge in [-0.05, 0) is 41.5 Å². The molecule has 0 aliphatic heterocycles. The standard InChI is InChI=1S/C18H10Br2O/c19-11-2-1-9-6-14-15(7-10(9)5-11)17-13-4-3-12(20)8-16(13)18(14)21-17/h1-5,8H,6-7H2. The van der Waals surface area contributed by atoms with Crippen molar-refractivity contribution in [3.8, 4) is 0 Å². The highest BCUT2D eigenvalue weighted by atomic mass is 79.9. The summed E-state index contributed by atoms with van der Waals surface area (Å²) in [5, 5.41) is 2.48. The monoisotopic (exact) mass is 400 g/mol. The lowest BCUT2D eigenvalue weighted by Gasteiger charge is -2.18. The summed E-state index contributed by atoms with van der Waals surface area (Å²) in [6.45, 7) is 0. The zero-order valence-corrected chi connectivity index (χ0v) is 14.2. The summed E-state index contributed by atoms with van der Waals surface area (Å²) in [6, 6.07) is 13.0. The van der Waals surface area contributed by atoms with E-state index in [1.54, 1.807) is 0 Å². The topological polar surface area (TPSA) is 13.1 Å². The molecule has 0 unspecified atom stereocenters. The van der Waals surface area contributed by atoms with Crippen molar-refractivity contribution in [1.82, 2.24) is 0 Å². The van der Waals surface area contributed by atoms with Crippen molar-refractivity contribution in [2.24, 2.45) is 0 Å². The summed E-state index contributed by atoms with van der Waals surface area (Å²) in [4.78, 5) is 0. The molecule has 5 rings (SSSR count). The van der Waals surface area contributed by atoms with Crippen LogP contribution in [0.5, 0.6) is 0 Å². The SMILES string of the molecule is Brc1ccc2c(c1)Cc1c(c3oc1c1ccc(Br)cc31)C2. The van der Waals surface area contributed by atoms with Gasteiger partial charge in [0.05, 0.1) is 0 Å². The van der Waals surface area contributed by atoms with Gasteiger partial charge in [0, 0.05) is 43.7 Å². The van der Waals surface area contributed by atoms with E-state index in [1.807, 2.05) is 0 Å². The maximum Gasteiger partial charge on any atom is 0.139 e. The number of hydrogen-bond acceptors (Lipinski definition) is 1. The molecular weight excluding hydrogens is 392 g/mol. The van der Waals surface area contributed by atoms with Crippen molar-refractivity contribution in [2.45, 2.75) is 12.8 Å². The van der Waals surface area contributed by atoms with Crippen LogP contribution in [0.25, 0.3) is 21.9 Å². The lowest BCUT2D eigenvalue weighted by molar-refractivity contribution is 0.675. The highest BCUT2D eigenvalue weighted by Gasteiger charge is 2.27. The van der Waals surface area contributed by atoms with Gasteiger partial charge in [-0.3, -0.25) is 0 Å². The Morgan fingerprint density at radius 2 is 1.38 bits per heavy atom. The third kappa shape index (κ3) is 1.62. The maximum atomic E-state index is 6.13. The second-order valence-corrected chi connectivity index (χ2v) is 7.51. The maximum absolute atomic E-state index is 6.13. The van der Waals surface area contributed by atoms with E-state index in [0.29, 0.717) is 0 Å². The Morgan fingerprint density at radius 3 is 2.24 bits per heavy atom. The molecule has 0 saturated carbocycles. The second-order valence-electron chi connectivity index (χ2n) is 5.67. The predicted molar refractivity (Wildman–Crippen MR) is 92.4 cm³/mol. The van der Waals surface area contributed by atoms with Crippen LogP contribution in [0.2, 0.25) is 0 Å². The molecule has 1 nitrogen and oxygen atoms in total. The summed E-state index contributed by atoms with van der Waals surface area (Å²) < 4.78 is 8.39. The molecule has 0 spiro atoms. The lowest BCUT2D eigenvalue weighted by atomic mass is 9.85. The Hall–Kier alpha value is -1.32. The third-order valence-corrected chi connectivity index (χ3v) is 5.48. The molecule has 2 bridgehead atoms. The molecule has 4 aromatic rings. The van der Waals surface area contributed by atoms with Gasteiger partial charge in [-0.2, -0.15) is 0 Å². The largest absolute Gasteiger partial charge is 0.455 e. The number of hydrogen-bond donors (Lipinski definition) is 0. The van der Waals surface area contributed by atoms with Gasteiger partial charge in [-0.15, -0.1) is 0 Å².